The maximum Gasteiger partial charge on any atom is 0.145 e. The van der Waals surface area contributed by atoms with Gasteiger partial charge in [-0.3, -0.25) is 4.40 Å². The highest BCUT2D eigenvalue weighted by atomic mass is 15.0. The minimum Gasteiger partial charge on any atom is -0.296 e. The van der Waals surface area contributed by atoms with Crippen molar-refractivity contribution in [3.05, 3.63) is 70.5 Å². The van der Waals surface area contributed by atoms with Gasteiger partial charge in [-0.15, -0.1) is 0 Å². The number of hydrogen-bond donors (Lipinski definition) is 0. The standard InChI is InChI=1S/C26H26N2/c1-14(2)19-9-10-21-24(13-19)28-18(6)17(5)27-26(28)23-12-20-8-7-15(3)11-22(20)16(4)25(21)23/h7-14H,1-6H3. The molecule has 0 N–H and O–H groups in total. The van der Waals surface area contributed by atoms with Crippen molar-refractivity contribution in [3.63, 3.8) is 0 Å². The van der Waals surface area contributed by atoms with Crippen molar-refractivity contribution in [1.82, 2.24) is 9.38 Å². The van der Waals surface area contributed by atoms with Crippen molar-refractivity contribution in [2.75, 3.05) is 0 Å². The van der Waals surface area contributed by atoms with Crippen LogP contribution in [0.4, 0.5) is 0 Å². The predicted octanol–water partition coefficient (Wildman–Crippen LogP) is 7.15. The van der Waals surface area contributed by atoms with Crippen LogP contribution in [0.5, 0.6) is 0 Å². The molecule has 2 nitrogen and oxygen atoms in total. The van der Waals surface area contributed by atoms with Crippen LogP contribution in [0, 0.1) is 27.7 Å². The molecule has 0 saturated carbocycles. The molecule has 3 aromatic carbocycles. The Labute approximate surface area is 165 Å². The number of aromatic nitrogens is 2. The SMILES string of the molecule is Cc1ccc2cc3c(c(C)c2c1)c1ccc(C(C)C)cc1n1c(C)c(C)nc31. The molecule has 0 atom stereocenters. The normalized spacial score (nSPS) is 12.2. The van der Waals surface area contributed by atoms with Gasteiger partial charge in [0.15, 0.2) is 0 Å². The molecular formula is C26H26N2. The summed E-state index contributed by atoms with van der Waals surface area (Å²) < 4.78 is 2.36. The number of aryl methyl sites for hydroxylation is 4. The number of fused-ring (bicyclic) bond motifs is 7. The highest BCUT2D eigenvalue weighted by Gasteiger charge is 2.17. The monoisotopic (exact) mass is 366 g/mol. The maximum absolute atomic E-state index is 4.99. The van der Waals surface area contributed by atoms with Crippen molar-refractivity contribution < 1.29 is 0 Å². The molecule has 5 rings (SSSR count). The Morgan fingerprint density at radius 1 is 0.821 bits per heavy atom. The number of benzene rings is 3. The van der Waals surface area contributed by atoms with E-state index in [0.29, 0.717) is 5.92 Å². The van der Waals surface area contributed by atoms with Gasteiger partial charge in [0.05, 0.1) is 11.2 Å². The topological polar surface area (TPSA) is 17.3 Å². The summed E-state index contributed by atoms with van der Waals surface area (Å²) in [6.45, 7) is 13.2. The molecule has 2 heterocycles. The Bertz CT molecular complexity index is 1420. The summed E-state index contributed by atoms with van der Waals surface area (Å²) >= 11 is 0. The molecule has 0 radical (unpaired) electrons. The fourth-order valence-electron chi connectivity index (χ4n) is 4.60. The smallest absolute Gasteiger partial charge is 0.145 e. The van der Waals surface area contributed by atoms with Crippen LogP contribution in [0.3, 0.4) is 0 Å². The highest BCUT2D eigenvalue weighted by Crippen LogP contribution is 2.38. The van der Waals surface area contributed by atoms with Crippen LogP contribution >= 0.6 is 0 Å². The number of imidazole rings is 1. The van der Waals surface area contributed by atoms with Crippen molar-refractivity contribution in [2.24, 2.45) is 0 Å². The van der Waals surface area contributed by atoms with Crippen molar-refractivity contribution in [2.45, 2.75) is 47.5 Å². The molecule has 0 spiro atoms. The van der Waals surface area contributed by atoms with Gasteiger partial charge in [0.25, 0.3) is 0 Å². The second-order valence-corrected chi connectivity index (χ2v) is 8.52. The van der Waals surface area contributed by atoms with Gasteiger partial charge in [-0.1, -0.05) is 49.7 Å². The van der Waals surface area contributed by atoms with Crippen LogP contribution in [0.25, 0.3) is 38.1 Å². The van der Waals surface area contributed by atoms with Crippen molar-refractivity contribution >= 4 is 38.1 Å². The van der Waals surface area contributed by atoms with Crippen LogP contribution in [0.2, 0.25) is 0 Å². The van der Waals surface area contributed by atoms with E-state index in [0.717, 1.165) is 11.3 Å². The first kappa shape index (κ1) is 17.2. The first-order valence-electron chi connectivity index (χ1n) is 10.1. The molecular weight excluding hydrogens is 340 g/mol. The zero-order chi connectivity index (χ0) is 19.7. The van der Waals surface area contributed by atoms with Crippen LogP contribution in [-0.4, -0.2) is 9.38 Å². The average molecular weight is 367 g/mol. The summed E-state index contributed by atoms with van der Waals surface area (Å²) in [4.78, 5) is 4.99. The second kappa shape index (κ2) is 5.81. The minimum absolute atomic E-state index is 0.500. The fourth-order valence-corrected chi connectivity index (χ4v) is 4.60. The average Bonchev–Trinajstić information content (AvgIpc) is 2.97. The molecule has 0 unspecified atom stereocenters. The third-order valence-corrected chi connectivity index (χ3v) is 6.34. The lowest BCUT2D eigenvalue weighted by Gasteiger charge is -2.16. The van der Waals surface area contributed by atoms with Crippen molar-refractivity contribution in [1.29, 1.82) is 0 Å². The lowest BCUT2D eigenvalue weighted by molar-refractivity contribution is 0.867. The molecule has 0 bridgehead atoms. The van der Waals surface area contributed by atoms with E-state index in [9.17, 15) is 0 Å². The maximum atomic E-state index is 4.99. The fraction of sp³-hybridized carbons (Fsp3) is 0.269. The zero-order valence-corrected chi connectivity index (χ0v) is 17.5. The molecule has 0 aliphatic rings. The highest BCUT2D eigenvalue weighted by molar-refractivity contribution is 6.18. The molecule has 140 valence electrons. The number of nitrogens with zero attached hydrogens (tertiary/aromatic N) is 2. The third kappa shape index (κ3) is 2.24. The van der Waals surface area contributed by atoms with Crippen LogP contribution in [0.15, 0.2) is 42.5 Å². The molecule has 5 aromatic rings. The summed E-state index contributed by atoms with van der Waals surface area (Å²) in [6.07, 6.45) is 0. The third-order valence-electron chi connectivity index (χ3n) is 6.34. The summed E-state index contributed by atoms with van der Waals surface area (Å²) in [6, 6.07) is 16.0. The zero-order valence-electron chi connectivity index (χ0n) is 17.5. The van der Waals surface area contributed by atoms with Gasteiger partial charge in [-0.2, -0.15) is 0 Å². The first-order valence-corrected chi connectivity index (χ1v) is 10.1. The van der Waals surface area contributed by atoms with Crippen LogP contribution in [-0.2, 0) is 0 Å². The summed E-state index contributed by atoms with van der Waals surface area (Å²) in [5, 5.41) is 6.52. The van der Waals surface area contributed by atoms with Crippen LogP contribution < -0.4 is 0 Å². The van der Waals surface area contributed by atoms with E-state index >= 15 is 0 Å². The number of rotatable bonds is 1. The van der Waals surface area contributed by atoms with E-state index in [4.69, 9.17) is 4.98 Å². The quantitative estimate of drug-likeness (QED) is 0.227. The lowest BCUT2D eigenvalue weighted by atomic mass is 9.93. The largest absolute Gasteiger partial charge is 0.296 e. The molecule has 0 fully saturated rings. The molecule has 2 aromatic heterocycles. The minimum atomic E-state index is 0.500. The number of pyridine rings is 1. The van der Waals surface area contributed by atoms with Gasteiger partial charge in [-0.05, 0) is 73.0 Å². The number of hydrogen-bond acceptors (Lipinski definition) is 1. The Hall–Kier alpha value is -2.87. The Morgan fingerprint density at radius 2 is 1.61 bits per heavy atom. The summed E-state index contributed by atoms with van der Waals surface area (Å²) in [5.41, 5.74) is 8.68. The molecule has 0 aliphatic carbocycles. The van der Waals surface area contributed by atoms with Gasteiger partial charge in [-0.25, -0.2) is 4.98 Å². The molecule has 0 amide bonds. The van der Waals surface area contributed by atoms with Crippen molar-refractivity contribution in [3.8, 4) is 0 Å². The van der Waals surface area contributed by atoms with Gasteiger partial charge >= 0.3 is 0 Å². The molecule has 28 heavy (non-hydrogen) atoms. The molecule has 0 saturated heterocycles. The van der Waals surface area contributed by atoms with E-state index in [1.165, 1.54) is 54.8 Å². The van der Waals surface area contributed by atoms with E-state index in [2.05, 4.69) is 88.4 Å². The Kier molecular flexibility index (Phi) is 3.58. The van der Waals surface area contributed by atoms with Gasteiger partial charge in [0, 0.05) is 16.5 Å². The molecule has 2 heteroatoms. The Morgan fingerprint density at radius 3 is 2.36 bits per heavy atom. The molecule has 0 aliphatic heterocycles. The van der Waals surface area contributed by atoms with Gasteiger partial charge in [0.1, 0.15) is 5.65 Å². The van der Waals surface area contributed by atoms with Gasteiger partial charge in [0.2, 0.25) is 0 Å². The van der Waals surface area contributed by atoms with Gasteiger partial charge < -0.3 is 0 Å². The predicted molar refractivity (Wildman–Crippen MR) is 121 cm³/mol. The van der Waals surface area contributed by atoms with Crippen LogP contribution in [0.1, 0.15) is 47.8 Å². The second-order valence-electron chi connectivity index (χ2n) is 8.52. The van der Waals surface area contributed by atoms with E-state index < -0.39 is 0 Å². The first-order chi connectivity index (χ1) is 13.4. The summed E-state index contributed by atoms with van der Waals surface area (Å²) in [5.74, 6) is 0.500. The van der Waals surface area contributed by atoms with E-state index in [1.807, 2.05) is 0 Å². The lowest BCUT2D eigenvalue weighted by Crippen LogP contribution is -1.97. The Balaban J connectivity index is 2.12. The summed E-state index contributed by atoms with van der Waals surface area (Å²) in [7, 11) is 0. The van der Waals surface area contributed by atoms with E-state index in [1.54, 1.807) is 0 Å². The van der Waals surface area contributed by atoms with E-state index in [-0.39, 0.29) is 0 Å².